The number of H-pyrrole nitrogens is 1. The van der Waals surface area contributed by atoms with Crippen molar-refractivity contribution >= 4 is 11.8 Å². The SMILES string of the molecule is CCCNC1CCC(CC)CC1Sc1ncn[nH]1. The molecule has 102 valence electrons. The van der Waals surface area contributed by atoms with Crippen molar-refractivity contribution in [1.29, 1.82) is 0 Å². The minimum absolute atomic E-state index is 0.628. The molecule has 3 unspecified atom stereocenters. The first-order valence-corrected chi connectivity index (χ1v) is 7.96. The third-order valence-corrected chi connectivity index (χ3v) is 5.03. The van der Waals surface area contributed by atoms with Gasteiger partial charge < -0.3 is 5.32 Å². The standard InChI is InChI=1S/C13H24N4S/c1-3-7-14-11-6-5-10(4-2)8-12(11)18-13-15-9-16-17-13/h9-12,14H,3-8H2,1-2H3,(H,15,16,17). The summed E-state index contributed by atoms with van der Waals surface area (Å²) in [5.41, 5.74) is 0. The first kappa shape index (κ1) is 13.9. The molecule has 1 aliphatic carbocycles. The van der Waals surface area contributed by atoms with E-state index in [0.29, 0.717) is 11.3 Å². The summed E-state index contributed by atoms with van der Waals surface area (Å²) in [6.45, 7) is 5.65. The number of rotatable bonds is 6. The highest BCUT2D eigenvalue weighted by molar-refractivity contribution is 7.99. The van der Waals surface area contributed by atoms with Gasteiger partial charge in [-0.1, -0.05) is 32.0 Å². The second-order valence-electron chi connectivity index (χ2n) is 5.09. The summed E-state index contributed by atoms with van der Waals surface area (Å²) in [5.74, 6) is 0.880. The van der Waals surface area contributed by atoms with Crippen LogP contribution in [-0.2, 0) is 0 Å². The molecule has 0 aliphatic heterocycles. The molecule has 1 heterocycles. The lowest BCUT2D eigenvalue weighted by atomic mass is 9.84. The maximum atomic E-state index is 4.24. The zero-order chi connectivity index (χ0) is 12.8. The molecule has 1 aliphatic rings. The van der Waals surface area contributed by atoms with E-state index in [2.05, 4.69) is 34.3 Å². The van der Waals surface area contributed by atoms with E-state index in [1.807, 2.05) is 11.8 Å². The summed E-state index contributed by atoms with van der Waals surface area (Å²) in [5, 5.41) is 12.2. The first-order chi connectivity index (χ1) is 8.83. The molecule has 0 bridgehead atoms. The van der Waals surface area contributed by atoms with Crippen LogP contribution in [0.2, 0.25) is 0 Å². The van der Waals surface area contributed by atoms with Crippen molar-refractivity contribution in [2.24, 2.45) is 5.92 Å². The number of hydrogen-bond donors (Lipinski definition) is 2. The van der Waals surface area contributed by atoms with Crippen LogP contribution < -0.4 is 5.32 Å². The van der Waals surface area contributed by atoms with Crippen molar-refractivity contribution in [2.45, 2.75) is 62.4 Å². The van der Waals surface area contributed by atoms with Crippen LogP contribution in [0.1, 0.15) is 46.0 Å². The Labute approximate surface area is 114 Å². The summed E-state index contributed by atoms with van der Waals surface area (Å²) in [4.78, 5) is 4.24. The van der Waals surface area contributed by atoms with Gasteiger partial charge in [0.25, 0.3) is 0 Å². The quantitative estimate of drug-likeness (QED) is 0.833. The predicted molar refractivity (Wildman–Crippen MR) is 75.7 cm³/mol. The summed E-state index contributed by atoms with van der Waals surface area (Å²) in [6.07, 6.45) is 8.05. The number of hydrogen-bond acceptors (Lipinski definition) is 4. The molecular weight excluding hydrogens is 244 g/mol. The normalized spacial score (nSPS) is 28.4. The van der Waals surface area contributed by atoms with Crippen molar-refractivity contribution in [2.75, 3.05) is 6.54 Å². The number of nitrogens with zero attached hydrogens (tertiary/aromatic N) is 2. The predicted octanol–water partition coefficient (Wildman–Crippen LogP) is 2.84. The molecule has 0 aromatic carbocycles. The van der Waals surface area contributed by atoms with Gasteiger partial charge >= 0.3 is 0 Å². The number of nitrogens with one attached hydrogen (secondary N) is 2. The van der Waals surface area contributed by atoms with Crippen LogP contribution >= 0.6 is 11.8 Å². The van der Waals surface area contributed by atoms with E-state index in [0.717, 1.165) is 17.6 Å². The highest BCUT2D eigenvalue weighted by atomic mass is 32.2. The summed E-state index contributed by atoms with van der Waals surface area (Å²) >= 11 is 1.86. The number of aromatic amines is 1. The largest absolute Gasteiger partial charge is 0.313 e. The Balaban J connectivity index is 1.94. The molecule has 1 fully saturated rings. The van der Waals surface area contributed by atoms with Crippen LogP contribution in [-0.4, -0.2) is 33.0 Å². The smallest absolute Gasteiger partial charge is 0.183 e. The lowest BCUT2D eigenvalue weighted by Gasteiger charge is -2.35. The molecule has 1 saturated carbocycles. The fourth-order valence-corrected chi connectivity index (χ4v) is 3.94. The molecule has 0 saturated heterocycles. The third-order valence-electron chi connectivity index (χ3n) is 3.79. The Morgan fingerprint density at radius 2 is 2.33 bits per heavy atom. The van der Waals surface area contributed by atoms with Crippen molar-refractivity contribution in [3.05, 3.63) is 6.33 Å². The van der Waals surface area contributed by atoms with Crippen LogP contribution in [0, 0.1) is 5.92 Å². The fraction of sp³-hybridized carbons (Fsp3) is 0.846. The molecule has 2 rings (SSSR count). The van der Waals surface area contributed by atoms with Gasteiger partial charge in [0.15, 0.2) is 5.16 Å². The van der Waals surface area contributed by atoms with Crippen LogP contribution in [0.5, 0.6) is 0 Å². The van der Waals surface area contributed by atoms with E-state index >= 15 is 0 Å². The minimum Gasteiger partial charge on any atom is -0.313 e. The van der Waals surface area contributed by atoms with E-state index in [9.17, 15) is 0 Å². The van der Waals surface area contributed by atoms with E-state index in [1.54, 1.807) is 6.33 Å². The molecular formula is C13H24N4S. The van der Waals surface area contributed by atoms with Gasteiger partial charge in [-0.25, -0.2) is 4.98 Å². The van der Waals surface area contributed by atoms with Crippen LogP contribution in [0.3, 0.4) is 0 Å². The molecule has 1 aromatic rings. The Morgan fingerprint density at radius 3 is 3.00 bits per heavy atom. The molecule has 18 heavy (non-hydrogen) atoms. The van der Waals surface area contributed by atoms with Crippen molar-refractivity contribution in [1.82, 2.24) is 20.5 Å². The van der Waals surface area contributed by atoms with Crippen LogP contribution in [0.4, 0.5) is 0 Å². The molecule has 0 amide bonds. The van der Waals surface area contributed by atoms with E-state index in [4.69, 9.17) is 0 Å². The number of aromatic nitrogens is 3. The monoisotopic (exact) mass is 268 g/mol. The van der Waals surface area contributed by atoms with Crippen molar-refractivity contribution in [3.63, 3.8) is 0 Å². The third kappa shape index (κ3) is 3.72. The first-order valence-electron chi connectivity index (χ1n) is 7.08. The molecule has 5 heteroatoms. The molecule has 0 radical (unpaired) electrons. The second-order valence-corrected chi connectivity index (χ2v) is 6.32. The summed E-state index contributed by atoms with van der Waals surface area (Å²) in [6, 6.07) is 0.628. The Morgan fingerprint density at radius 1 is 1.44 bits per heavy atom. The topological polar surface area (TPSA) is 53.6 Å². The minimum atomic E-state index is 0.628. The molecule has 2 N–H and O–H groups in total. The summed E-state index contributed by atoms with van der Waals surface area (Å²) in [7, 11) is 0. The van der Waals surface area contributed by atoms with Crippen LogP contribution in [0.25, 0.3) is 0 Å². The van der Waals surface area contributed by atoms with Gasteiger partial charge in [-0.2, -0.15) is 5.10 Å². The van der Waals surface area contributed by atoms with Crippen molar-refractivity contribution in [3.8, 4) is 0 Å². The Bertz CT molecular complexity index is 328. The summed E-state index contributed by atoms with van der Waals surface area (Å²) < 4.78 is 0. The lowest BCUT2D eigenvalue weighted by molar-refractivity contribution is 0.295. The maximum Gasteiger partial charge on any atom is 0.183 e. The van der Waals surface area contributed by atoms with Gasteiger partial charge in [-0.15, -0.1) is 0 Å². The molecule has 3 atom stereocenters. The maximum absolute atomic E-state index is 4.24. The van der Waals surface area contributed by atoms with Gasteiger partial charge in [0, 0.05) is 11.3 Å². The van der Waals surface area contributed by atoms with E-state index in [-0.39, 0.29) is 0 Å². The Hall–Kier alpha value is -0.550. The molecule has 1 aromatic heterocycles. The lowest BCUT2D eigenvalue weighted by Crippen LogP contribution is -2.42. The highest BCUT2D eigenvalue weighted by Gasteiger charge is 2.30. The molecule has 0 spiro atoms. The average molecular weight is 268 g/mol. The average Bonchev–Trinajstić information content (AvgIpc) is 2.90. The van der Waals surface area contributed by atoms with Crippen LogP contribution in [0.15, 0.2) is 11.5 Å². The number of thioether (sulfide) groups is 1. The van der Waals surface area contributed by atoms with E-state index in [1.165, 1.54) is 32.1 Å². The fourth-order valence-electron chi connectivity index (χ4n) is 2.67. The molecule has 4 nitrogen and oxygen atoms in total. The second kappa shape index (κ2) is 7.14. The Kier molecular flexibility index (Phi) is 5.50. The highest BCUT2D eigenvalue weighted by Crippen LogP contribution is 2.36. The van der Waals surface area contributed by atoms with E-state index < -0.39 is 0 Å². The van der Waals surface area contributed by atoms with Gasteiger partial charge in [-0.05, 0) is 38.1 Å². The zero-order valence-corrected chi connectivity index (χ0v) is 12.2. The van der Waals surface area contributed by atoms with Gasteiger partial charge in [0.2, 0.25) is 0 Å². The van der Waals surface area contributed by atoms with Gasteiger partial charge in [0.1, 0.15) is 6.33 Å². The zero-order valence-electron chi connectivity index (χ0n) is 11.4. The van der Waals surface area contributed by atoms with Gasteiger partial charge in [0.05, 0.1) is 0 Å². The van der Waals surface area contributed by atoms with Gasteiger partial charge in [-0.3, -0.25) is 5.10 Å². The van der Waals surface area contributed by atoms with Crippen molar-refractivity contribution < 1.29 is 0 Å².